The number of carboxylic acid groups (broad SMARTS) is 1. The molecule has 0 aromatic heterocycles. The Morgan fingerprint density at radius 3 is 2.58 bits per heavy atom. The first kappa shape index (κ1) is 13.4. The fourth-order valence-electron chi connectivity index (χ4n) is 2.35. The topological polar surface area (TPSA) is 40.5 Å². The molecule has 0 heterocycles. The highest BCUT2D eigenvalue weighted by molar-refractivity contribution is 5.85. The van der Waals surface area contributed by atoms with E-state index in [0.29, 0.717) is 0 Å². The Morgan fingerprint density at radius 1 is 1.21 bits per heavy atom. The summed E-state index contributed by atoms with van der Waals surface area (Å²) in [7, 11) is 2.00. The summed E-state index contributed by atoms with van der Waals surface area (Å²) in [6, 6.07) is 14.6. The van der Waals surface area contributed by atoms with Gasteiger partial charge < -0.3 is 10.0 Å². The summed E-state index contributed by atoms with van der Waals surface area (Å²) in [4.78, 5) is 12.8. The molecule has 0 aliphatic heterocycles. The summed E-state index contributed by atoms with van der Waals surface area (Å²) in [6.07, 6.45) is 0.206. The standard InChI is InChI=1S/C16H19NO2/c1-12(9-16(18)19)11-17(2)15-8-7-13-5-3-4-6-14(13)10-15/h3-8,10,12H,9,11H2,1-2H3,(H,18,19). The molecule has 0 fully saturated rings. The fourth-order valence-corrected chi connectivity index (χ4v) is 2.35. The molecule has 100 valence electrons. The van der Waals surface area contributed by atoms with Crippen LogP contribution in [0.4, 0.5) is 5.69 Å². The van der Waals surface area contributed by atoms with E-state index in [9.17, 15) is 4.79 Å². The number of benzene rings is 2. The normalized spacial score (nSPS) is 12.3. The van der Waals surface area contributed by atoms with E-state index in [-0.39, 0.29) is 12.3 Å². The van der Waals surface area contributed by atoms with Gasteiger partial charge in [0.15, 0.2) is 0 Å². The lowest BCUT2D eigenvalue weighted by Gasteiger charge is -2.23. The van der Waals surface area contributed by atoms with Crippen LogP contribution >= 0.6 is 0 Å². The monoisotopic (exact) mass is 257 g/mol. The van der Waals surface area contributed by atoms with Gasteiger partial charge in [-0.2, -0.15) is 0 Å². The average Bonchev–Trinajstić information content (AvgIpc) is 2.37. The summed E-state index contributed by atoms with van der Waals surface area (Å²) in [5, 5.41) is 11.2. The van der Waals surface area contributed by atoms with Gasteiger partial charge in [0.25, 0.3) is 0 Å². The molecule has 2 rings (SSSR count). The summed E-state index contributed by atoms with van der Waals surface area (Å²) in [6.45, 7) is 2.70. The number of carboxylic acids is 1. The summed E-state index contributed by atoms with van der Waals surface area (Å²) < 4.78 is 0. The Morgan fingerprint density at radius 2 is 1.89 bits per heavy atom. The van der Waals surface area contributed by atoms with Crippen LogP contribution < -0.4 is 4.90 Å². The lowest BCUT2D eigenvalue weighted by molar-refractivity contribution is -0.137. The fraction of sp³-hybridized carbons (Fsp3) is 0.312. The van der Waals surface area contributed by atoms with Crippen LogP contribution in [0.15, 0.2) is 42.5 Å². The number of hydrogen-bond donors (Lipinski definition) is 1. The molecular formula is C16H19NO2. The maximum absolute atomic E-state index is 10.7. The van der Waals surface area contributed by atoms with Crippen molar-refractivity contribution < 1.29 is 9.90 Å². The smallest absolute Gasteiger partial charge is 0.303 e. The molecule has 3 heteroatoms. The van der Waals surface area contributed by atoms with Gasteiger partial charge in [0, 0.05) is 25.7 Å². The van der Waals surface area contributed by atoms with E-state index >= 15 is 0 Å². The van der Waals surface area contributed by atoms with E-state index in [1.54, 1.807) is 0 Å². The third-order valence-corrected chi connectivity index (χ3v) is 3.28. The van der Waals surface area contributed by atoms with Crippen LogP contribution in [-0.2, 0) is 4.79 Å². The minimum atomic E-state index is -0.737. The molecule has 0 aliphatic carbocycles. The first-order valence-corrected chi connectivity index (χ1v) is 6.48. The first-order chi connectivity index (χ1) is 9.06. The highest BCUT2D eigenvalue weighted by atomic mass is 16.4. The maximum atomic E-state index is 10.7. The van der Waals surface area contributed by atoms with Gasteiger partial charge in [-0.05, 0) is 28.8 Å². The molecule has 0 saturated carbocycles. The van der Waals surface area contributed by atoms with Crippen LogP contribution in [-0.4, -0.2) is 24.7 Å². The van der Waals surface area contributed by atoms with Crippen molar-refractivity contribution in [1.82, 2.24) is 0 Å². The quantitative estimate of drug-likeness (QED) is 0.892. The van der Waals surface area contributed by atoms with Gasteiger partial charge in [0.05, 0.1) is 0 Å². The Balaban J connectivity index is 2.12. The van der Waals surface area contributed by atoms with Gasteiger partial charge in [0.1, 0.15) is 0 Å². The first-order valence-electron chi connectivity index (χ1n) is 6.48. The molecule has 0 radical (unpaired) electrons. The second-order valence-electron chi connectivity index (χ2n) is 5.12. The zero-order valence-electron chi connectivity index (χ0n) is 11.3. The average molecular weight is 257 g/mol. The molecule has 19 heavy (non-hydrogen) atoms. The molecule has 2 aromatic rings. The number of fused-ring (bicyclic) bond motifs is 1. The van der Waals surface area contributed by atoms with Gasteiger partial charge in [-0.25, -0.2) is 0 Å². The summed E-state index contributed by atoms with van der Waals surface area (Å²) in [5.74, 6) is -0.603. The van der Waals surface area contributed by atoms with Crippen molar-refractivity contribution >= 4 is 22.4 Å². The van der Waals surface area contributed by atoms with Crippen LogP contribution in [0.5, 0.6) is 0 Å². The molecule has 1 atom stereocenters. The van der Waals surface area contributed by atoms with Crippen molar-refractivity contribution in [2.24, 2.45) is 5.92 Å². The zero-order valence-corrected chi connectivity index (χ0v) is 11.3. The van der Waals surface area contributed by atoms with Crippen molar-refractivity contribution in [3.63, 3.8) is 0 Å². The molecule has 0 aliphatic rings. The summed E-state index contributed by atoms with van der Waals surface area (Å²) in [5.41, 5.74) is 1.12. The van der Waals surface area contributed by atoms with Crippen LogP contribution in [0.25, 0.3) is 10.8 Å². The molecular weight excluding hydrogens is 238 g/mol. The van der Waals surface area contributed by atoms with Gasteiger partial charge in [-0.3, -0.25) is 4.79 Å². The Labute approximate surface area is 113 Å². The molecule has 0 amide bonds. The van der Waals surface area contributed by atoms with Crippen LogP contribution in [0.3, 0.4) is 0 Å². The van der Waals surface area contributed by atoms with E-state index in [2.05, 4.69) is 35.2 Å². The molecule has 0 bridgehead atoms. The SMILES string of the molecule is CC(CC(=O)O)CN(C)c1ccc2ccccc2c1. The van der Waals surface area contributed by atoms with E-state index in [1.165, 1.54) is 10.8 Å². The van der Waals surface area contributed by atoms with Crippen LogP contribution in [0, 0.1) is 5.92 Å². The number of carbonyl (C=O) groups is 1. The minimum absolute atomic E-state index is 0.133. The van der Waals surface area contributed by atoms with Crippen molar-refractivity contribution in [1.29, 1.82) is 0 Å². The van der Waals surface area contributed by atoms with Crippen LogP contribution in [0.2, 0.25) is 0 Å². The van der Waals surface area contributed by atoms with Gasteiger partial charge in [0.2, 0.25) is 0 Å². The Hall–Kier alpha value is -2.03. The molecule has 0 spiro atoms. The summed E-state index contributed by atoms with van der Waals surface area (Å²) >= 11 is 0. The minimum Gasteiger partial charge on any atom is -0.481 e. The van der Waals surface area contributed by atoms with E-state index in [0.717, 1.165) is 12.2 Å². The third kappa shape index (κ3) is 3.47. The van der Waals surface area contributed by atoms with Crippen molar-refractivity contribution in [2.75, 3.05) is 18.5 Å². The molecule has 3 nitrogen and oxygen atoms in total. The highest BCUT2D eigenvalue weighted by Crippen LogP contribution is 2.22. The molecule has 1 unspecified atom stereocenters. The number of aliphatic carboxylic acids is 1. The van der Waals surface area contributed by atoms with Crippen LogP contribution in [0.1, 0.15) is 13.3 Å². The number of nitrogens with zero attached hydrogens (tertiary/aromatic N) is 1. The zero-order chi connectivity index (χ0) is 13.8. The highest BCUT2D eigenvalue weighted by Gasteiger charge is 2.11. The Kier molecular flexibility index (Phi) is 4.05. The van der Waals surface area contributed by atoms with Gasteiger partial charge in [-0.15, -0.1) is 0 Å². The Bertz CT molecular complexity index is 580. The van der Waals surface area contributed by atoms with Crippen molar-refractivity contribution in [2.45, 2.75) is 13.3 Å². The third-order valence-electron chi connectivity index (χ3n) is 3.28. The van der Waals surface area contributed by atoms with E-state index in [1.807, 2.05) is 26.1 Å². The largest absolute Gasteiger partial charge is 0.481 e. The predicted molar refractivity (Wildman–Crippen MR) is 78.6 cm³/mol. The van der Waals surface area contributed by atoms with E-state index < -0.39 is 5.97 Å². The second-order valence-corrected chi connectivity index (χ2v) is 5.12. The molecule has 1 N–H and O–H groups in total. The van der Waals surface area contributed by atoms with Crippen molar-refractivity contribution in [3.05, 3.63) is 42.5 Å². The maximum Gasteiger partial charge on any atom is 0.303 e. The lowest BCUT2D eigenvalue weighted by Crippen LogP contribution is -2.25. The van der Waals surface area contributed by atoms with Crippen molar-refractivity contribution in [3.8, 4) is 0 Å². The van der Waals surface area contributed by atoms with Gasteiger partial charge >= 0.3 is 5.97 Å². The van der Waals surface area contributed by atoms with Gasteiger partial charge in [-0.1, -0.05) is 37.3 Å². The second kappa shape index (κ2) is 5.74. The van der Waals surface area contributed by atoms with E-state index in [4.69, 9.17) is 5.11 Å². The predicted octanol–water partition coefficient (Wildman–Crippen LogP) is 3.39. The lowest BCUT2D eigenvalue weighted by atomic mass is 10.1. The molecule has 2 aromatic carbocycles. The number of rotatable bonds is 5. The molecule has 0 saturated heterocycles. The number of anilines is 1. The number of hydrogen-bond acceptors (Lipinski definition) is 2.